The highest BCUT2D eigenvalue weighted by Crippen LogP contribution is 2.22. The molecule has 5 heteroatoms. The van der Waals surface area contributed by atoms with Crippen LogP contribution in [0.4, 0.5) is 0 Å². The Bertz CT molecular complexity index is 507. The van der Waals surface area contributed by atoms with E-state index in [0.29, 0.717) is 6.04 Å². The van der Waals surface area contributed by atoms with Gasteiger partial charge in [0.25, 0.3) is 0 Å². The number of methoxy groups -OCH3 is 1. The highest BCUT2D eigenvalue weighted by Gasteiger charge is 2.21. The van der Waals surface area contributed by atoms with E-state index >= 15 is 0 Å². The van der Waals surface area contributed by atoms with Gasteiger partial charge in [0.05, 0.1) is 19.6 Å². The fourth-order valence-corrected chi connectivity index (χ4v) is 2.88. The lowest BCUT2D eigenvalue weighted by molar-refractivity contribution is -0.123. The molecule has 22 heavy (non-hydrogen) atoms. The second-order valence-electron chi connectivity index (χ2n) is 5.78. The fourth-order valence-electron chi connectivity index (χ4n) is 2.88. The van der Waals surface area contributed by atoms with Crippen molar-refractivity contribution < 1.29 is 14.3 Å². The van der Waals surface area contributed by atoms with Gasteiger partial charge in [0.2, 0.25) is 11.8 Å². The largest absolute Gasteiger partial charge is 0.497 e. The van der Waals surface area contributed by atoms with Crippen molar-refractivity contribution in [2.45, 2.75) is 51.1 Å². The van der Waals surface area contributed by atoms with Gasteiger partial charge >= 0.3 is 0 Å². The first-order valence-electron chi connectivity index (χ1n) is 7.79. The Hall–Kier alpha value is -2.04. The van der Waals surface area contributed by atoms with Crippen LogP contribution in [0.2, 0.25) is 0 Å². The lowest BCUT2D eigenvalue weighted by atomic mass is 10.0. The molecule has 1 aliphatic rings. The van der Waals surface area contributed by atoms with E-state index in [9.17, 15) is 9.59 Å². The lowest BCUT2D eigenvalue weighted by Crippen LogP contribution is -2.36. The number of carbonyl (C=O) groups excluding carboxylic acids is 2. The van der Waals surface area contributed by atoms with Gasteiger partial charge in [-0.05, 0) is 30.5 Å². The SMILES string of the molecule is COc1ccc(C(CC(=O)NC2CCCC2)NC(C)=O)cc1. The van der Waals surface area contributed by atoms with E-state index in [0.717, 1.165) is 24.2 Å². The van der Waals surface area contributed by atoms with Crippen LogP contribution in [0.1, 0.15) is 50.6 Å². The molecule has 1 aromatic rings. The second kappa shape index (κ2) is 7.82. The highest BCUT2D eigenvalue weighted by molar-refractivity contribution is 5.79. The summed E-state index contributed by atoms with van der Waals surface area (Å²) in [4.78, 5) is 23.6. The standard InChI is InChI=1S/C17H24N2O3/c1-12(20)18-16(13-7-9-15(22-2)10-8-13)11-17(21)19-14-5-3-4-6-14/h7-10,14,16H,3-6,11H2,1-2H3,(H,18,20)(H,19,21). The van der Waals surface area contributed by atoms with Gasteiger partial charge in [0.15, 0.2) is 0 Å². The molecule has 1 unspecified atom stereocenters. The van der Waals surface area contributed by atoms with Crippen LogP contribution in [0.5, 0.6) is 5.75 Å². The third kappa shape index (κ3) is 4.76. The number of ether oxygens (including phenoxy) is 1. The van der Waals surface area contributed by atoms with E-state index in [1.807, 2.05) is 24.3 Å². The van der Waals surface area contributed by atoms with Crippen molar-refractivity contribution >= 4 is 11.8 Å². The van der Waals surface area contributed by atoms with Crippen LogP contribution in [0.3, 0.4) is 0 Å². The molecule has 0 aliphatic heterocycles. The Morgan fingerprint density at radius 1 is 1.23 bits per heavy atom. The van der Waals surface area contributed by atoms with Crippen molar-refractivity contribution in [3.05, 3.63) is 29.8 Å². The summed E-state index contributed by atoms with van der Waals surface area (Å²) in [5, 5.41) is 5.91. The third-order valence-corrected chi connectivity index (χ3v) is 4.01. The molecule has 2 rings (SSSR count). The molecule has 5 nitrogen and oxygen atoms in total. The van der Waals surface area contributed by atoms with Crippen molar-refractivity contribution in [2.24, 2.45) is 0 Å². The summed E-state index contributed by atoms with van der Waals surface area (Å²) >= 11 is 0. The van der Waals surface area contributed by atoms with Gasteiger partial charge in [-0.25, -0.2) is 0 Å². The van der Waals surface area contributed by atoms with Gasteiger partial charge in [-0.3, -0.25) is 9.59 Å². The molecule has 0 bridgehead atoms. The topological polar surface area (TPSA) is 67.4 Å². The Morgan fingerprint density at radius 3 is 2.41 bits per heavy atom. The van der Waals surface area contributed by atoms with Gasteiger partial charge < -0.3 is 15.4 Å². The average molecular weight is 304 g/mol. The summed E-state index contributed by atoms with van der Waals surface area (Å²) in [6.45, 7) is 1.46. The number of hydrogen-bond acceptors (Lipinski definition) is 3. The first kappa shape index (κ1) is 16.3. The quantitative estimate of drug-likeness (QED) is 0.847. The van der Waals surface area contributed by atoms with Gasteiger partial charge in [0.1, 0.15) is 5.75 Å². The zero-order valence-electron chi connectivity index (χ0n) is 13.2. The van der Waals surface area contributed by atoms with Crippen molar-refractivity contribution in [1.29, 1.82) is 0 Å². The fraction of sp³-hybridized carbons (Fsp3) is 0.529. The van der Waals surface area contributed by atoms with E-state index in [2.05, 4.69) is 10.6 Å². The minimum absolute atomic E-state index is 0.0125. The maximum Gasteiger partial charge on any atom is 0.222 e. The van der Waals surface area contributed by atoms with E-state index in [1.54, 1.807) is 7.11 Å². The number of carbonyl (C=O) groups is 2. The third-order valence-electron chi connectivity index (χ3n) is 4.01. The van der Waals surface area contributed by atoms with Crippen LogP contribution in [0.25, 0.3) is 0 Å². The van der Waals surface area contributed by atoms with Crippen molar-refractivity contribution in [3.63, 3.8) is 0 Å². The molecule has 1 fully saturated rings. The first-order valence-corrected chi connectivity index (χ1v) is 7.79. The Labute approximate surface area is 131 Å². The number of nitrogens with one attached hydrogen (secondary N) is 2. The summed E-state index contributed by atoms with van der Waals surface area (Å²) in [6, 6.07) is 7.40. The molecule has 0 radical (unpaired) electrons. The zero-order valence-corrected chi connectivity index (χ0v) is 13.2. The minimum atomic E-state index is -0.315. The molecule has 1 saturated carbocycles. The predicted molar refractivity (Wildman–Crippen MR) is 84.6 cm³/mol. The van der Waals surface area contributed by atoms with Crippen LogP contribution in [0, 0.1) is 0 Å². The molecule has 0 saturated heterocycles. The molecular weight excluding hydrogens is 280 g/mol. The average Bonchev–Trinajstić information content (AvgIpc) is 2.99. The van der Waals surface area contributed by atoms with E-state index < -0.39 is 0 Å². The summed E-state index contributed by atoms with van der Waals surface area (Å²) in [6.07, 6.45) is 4.72. The zero-order chi connectivity index (χ0) is 15.9. The second-order valence-corrected chi connectivity index (χ2v) is 5.78. The van der Waals surface area contributed by atoms with Gasteiger partial charge in [-0.15, -0.1) is 0 Å². The summed E-state index contributed by atoms with van der Waals surface area (Å²) < 4.78 is 5.13. The predicted octanol–water partition coefficient (Wildman–Crippen LogP) is 2.32. The maximum absolute atomic E-state index is 12.2. The smallest absolute Gasteiger partial charge is 0.222 e. The van der Waals surface area contributed by atoms with Crippen LogP contribution in [-0.4, -0.2) is 25.0 Å². The summed E-state index contributed by atoms with van der Waals surface area (Å²) in [7, 11) is 1.61. The molecule has 0 aromatic heterocycles. The molecule has 1 aromatic carbocycles. The Balaban J connectivity index is 2.00. The van der Waals surface area contributed by atoms with Crippen LogP contribution >= 0.6 is 0 Å². The van der Waals surface area contributed by atoms with Crippen LogP contribution < -0.4 is 15.4 Å². The number of benzene rings is 1. The molecule has 2 amide bonds. The van der Waals surface area contributed by atoms with Crippen LogP contribution in [0.15, 0.2) is 24.3 Å². The van der Waals surface area contributed by atoms with E-state index in [4.69, 9.17) is 4.74 Å². The van der Waals surface area contributed by atoms with Crippen LogP contribution in [-0.2, 0) is 9.59 Å². The van der Waals surface area contributed by atoms with Gasteiger partial charge in [0, 0.05) is 13.0 Å². The number of rotatable bonds is 6. The highest BCUT2D eigenvalue weighted by atomic mass is 16.5. The number of hydrogen-bond donors (Lipinski definition) is 2. The molecular formula is C17H24N2O3. The van der Waals surface area contributed by atoms with Gasteiger partial charge in [-0.1, -0.05) is 25.0 Å². The molecule has 2 N–H and O–H groups in total. The Morgan fingerprint density at radius 2 is 1.86 bits per heavy atom. The monoisotopic (exact) mass is 304 g/mol. The normalized spacial score (nSPS) is 16.1. The summed E-state index contributed by atoms with van der Waals surface area (Å²) in [5.74, 6) is 0.594. The first-order chi connectivity index (χ1) is 10.6. The number of amides is 2. The minimum Gasteiger partial charge on any atom is -0.497 e. The van der Waals surface area contributed by atoms with E-state index in [1.165, 1.54) is 19.8 Å². The van der Waals surface area contributed by atoms with Crippen molar-refractivity contribution in [3.8, 4) is 5.75 Å². The van der Waals surface area contributed by atoms with Crippen molar-refractivity contribution in [2.75, 3.05) is 7.11 Å². The Kier molecular flexibility index (Phi) is 5.81. The maximum atomic E-state index is 12.2. The molecule has 1 aliphatic carbocycles. The molecule has 1 atom stereocenters. The van der Waals surface area contributed by atoms with Crippen molar-refractivity contribution in [1.82, 2.24) is 10.6 Å². The molecule has 120 valence electrons. The van der Waals surface area contributed by atoms with E-state index in [-0.39, 0.29) is 24.3 Å². The molecule has 0 heterocycles. The van der Waals surface area contributed by atoms with Gasteiger partial charge in [-0.2, -0.15) is 0 Å². The molecule has 0 spiro atoms. The summed E-state index contributed by atoms with van der Waals surface area (Å²) in [5.41, 5.74) is 0.901. The lowest BCUT2D eigenvalue weighted by Gasteiger charge is -2.20.